The van der Waals surface area contributed by atoms with E-state index in [4.69, 9.17) is 0 Å². The Morgan fingerprint density at radius 2 is 1.83 bits per heavy atom. The molecule has 0 fully saturated rings. The SMILES string of the molecule is O=C(CCc1c[nH]c2ccccc12)N[C@H](CO)c1ccccc1. The Hall–Kier alpha value is -2.59. The lowest BCUT2D eigenvalue weighted by atomic mass is 10.1. The highest BCUT2D eigenvalue weighted by molar-refractivity contribution is 5.84. The third-order valence-corrected chi connectivity index (χ3v) is 4.02. The van der Waals surface area contributed by atoms with Crippen LogP contribution in [0.3, 0.4) is 0 Å². The summed E-state index contributed by atoms with van der Waals surface area (Å²) in [5.74, 6) is -0.0572. The largest absolute Gasteiger partial charge is 0.394 e. The van der Waals surface area contributed by atoms with Gasteiger partial charge in [0.1, 0.15) is 0 Å². The van der Waals surface area contributed by atoms with Gasteiger partial charge in [0.2, 0.25) is 5.91 Å². The van der Waals surface area contributed by atoms with E-state index in [2.05, 4.69) is 16.4 Å². The number of H-pyrrole nitrogens is 1. The lowest BCUT2D eigenvalue weighted by Gasteiger charge is -2.16. The Morgan fingerprint density at radius 3 is 2.61 bits per heavy atom. The van der Waals surface area contributed by atoms with Crippen molar-refractivity contribution in [2.24, 2.45) is 0 Å². The lowest BCUT2D eigenvalue weighted by molar-refractivity contribution is -0.122. The Balaban J connectivity index is 1.61. The van der Waals surface area contributed by atoms with E-state index in [1.807, 2.05) is 54.7 Å². The van der Waals surface area contributed by atoms with Crippen molar-refractivity contribution in [3.63, 3.8) is 0 Å². The van der Waals surface area contributed by atoms with E-state index < -0.39 is 0 Å². The fourth-order valence-corrected chi connectivity index (χ4v) is 2.77. The molecule has 1 atom stereocenters. The number of amides is 1. The number of benzene rings is 2. The van der Waals surface area contributed by atoms with E-state index in [1.165, 1.54) is 0 Å². The number of nitrogens with one attached hydrogen (secondary N) is 2. The molecule has 4 nitrogen and oxygen atoms in total. The summed E-state index contributed by atoms with van der Waals surface area (Å²) in [5, 5.41) is 13.6. The zero-order valence-electron chi connectivity index (χ0n) is 12.8. The highest BCUT2D eigenvalue weighted by Gasteiger charge is 2.13. The van der Waals surface area contributed by atoms with Crippen molar-refractivity contribution in [3.8, 4) is 0 Å². The molecule has 1 aromatic heterocycles. The van der Waals surface area contributed by atoms with Gasteiger partial charge in [0.05, 0.1) is 12.6 Å². The molecule has 0 radical (unpaired) electrons. The zero-order chi connectivity index (χ0) is 16.1. The number of carbonyl (C=O) groups is 1. The molecule has 1 heterocycles. The van der Waals surface area contributed by atoms with Crippen LogP contribution in [-0.4, -0.2) is 22.6 Å². The van der Waals surface area contributed by atoms with Crippen molar-refractivity contribution in [1.29, 1.82) is 0 Å². The molecule has 23 heavy (non-hydrogen) atoms. The first-order chi connectivity index (χ1) is 11.3. The Kier molecular flexibility index (Phi) is 4.74. The molecule has 0 spiro atoms. The molecule has 0 unspecified atom stereocenters. The summed E-state index contributed by atoms with van der Waals surface area (Å²) in [6.45, 7) is -0.108. The van der Waals surface area contributed by atoms with E-state index >= 15 is 0 Å². The third kappa shape index (κ3) is 3.60. The molecule has 0 bridgehead atoms. The van der Waals surface area contributed by atoms with Crippen LogP contribution in [-0.2, 0) is 11.2 Å². The van der Waals surface area contributed by atoms with E-state index in [-0.39, 0.29) is 18.6 Å². The van der Waals surface area contributed by atoms with Crippen LogP contribution in [0.5, 0.6) is 0 Å². The number of aromatic nitrogens is 1. The first-order valence-electron chi connectivity index (χ1n) is 7.78. The molecular formula is C19H20N2O2. The van der Waals surface area contributed by atoms with Gasteiger partial charge in [0.15, 0.2) is 0 Å². The maximum absolute atomic E-state index is 12.2. The molecule has 3 rings (SSSR count). The van der Waals surface area contributed by atoms with Crippen molar-refractivity contribution in [2.75, 3.05) is 6.61 Å². The minimum atomic E-state index is -0.355. The van der Waals surface area contributed by atoms with Gasteiger partial charge in [-0.3, -0.25) is 4.79 Å². The maximum atomic E-state index is 12.2. The highest BCUT2D eigenvalue weighted by atomic mass is 16.3. The molecule has 1 amide bonds. The second-order valence-corrected chi connectivity index (χ2v) is 5.57. The fraction of sp³-hybridized carbons (Fsp3) is 0.211. The summed E-state index contributed by atoms with van der Waals surface area (Å²) in [7, 11) is 0. The normalized spacial score (nSPS) is 12.2. The van der Waals surface area contributed by atoms with Gasteiger partial charge in [-0.05, 0) is 23.6 Å². The molecule has 3 N–H and O–H groups in total. The number of aliphatic hydroxyl groups is 1. The summed E-state index contributed by atoms with van der Waals surface area (Å²) < 4.78 is 0. The minimum Gasteiger partial charge on any atom is -0.394 e. The molecule has 118 valence electrons. The Morgan fingerprint density at radius 1 is 1.09 bits per heavy atom. The van der Waals surface area contributed by atoms with Gasteiger partial charge in [-0.25, -0.2) is 0 Å². The number of hydrogen-bond acceptors (Lipinski definition) is 2. The van der Waals surface area contributed by atoms with Crippen molar-refractivity contribution < 1.29 is 9.90 Å². The third-order valence-electron chi connectivity index (χ3n) is 4.02. The van der Waals surface area contributed by atoms with Gasteiger partial charge < -0.3 is 15.4 Å². The highest BCUT2D eigenvalue weighted by Crippen LogP contribution is 2.19. The molecule has 0 aliphatic carbocycles. The summed E-state index contributed by atoms with van der Waals surface area (Å²) in [6, 6.07) is 17.2. The zero-order valence-corrected chi connectivity index (χ0v) is 12.8. The molecule has 0 aliphatic heterocycles. The number of para-hydroxylation sites is 1. The van der Waals surface area contributed by atoms with Crippen LogP contribution in [0, 0.1) is 0 Å². The van der Waals surface area contributed by atoms with Crippen molar-refractivity contribution in [2.45, 2.75) is 18.9 Å². The quantitative estimate of drug-likeness (QED) is 0.655. The van der Waals surface area contributed by atoms with Crippen LogP contribution in [0.2, 0.25) is 0 Å². The van der Waals surface area contributed by atoms with Crippen LogP contribution in [0.4, 0.5) is 0 Å². The van der Waals surface area contributed by atoms with Gasteiger partial charge in [0.25, 0.3) is 0 Å². The van der Waals surface area contributed by atoms with Crippen molar-refractivity contribution in [3.05, 3.63) is 71.9 Å². The monoisotopic (exact) mass is 308 g/mol. The number of aromatic amines is 1. The number of aliphatic hydroxyl groups excluding tert-OH is 1. The predicted octanol–water partition coefficient (Wildman–Crippen LogP) is 2.95. The molecular weight excluding hydrogens is 288 g/mol. The number of fused-ring (bicyclic) bond motifs is 1. The minimum absolute atomic E-state index is 0.0572. The average molecular weight is 308 g/mol. The average Bonchev–Trinajstić information content (AvgIpc) is 3.02. The van der Waals surface area contributed by atoms with E-state index in [0.717, 1.165) is 22.0 Å². The number of rotatable bonds is 6. The molecule has 0 aliphatic rings. The van der Waals surface area contributed by atoms with Crippen LogP contribution < -0.4 is 5.32 Å². The maximum Gasteiger partial charge on any atom is 0.220 e. The van der Waals surface area contributed by atoms with Gasteiger partial charge >= 0.3 is 0 Å². The first-order valence-corrected chi connectivity index (χ1v) is 7.78. The first kappa shape index (κ1) is 15.3. The van der Waals surface area contributed by atoms with Crippen LogP contribution >= 0.6 is 0 Å². The smallest absolute Gasteiger partial charge is 0.220 e. The fourth-order valence-electron chi connectivity index (χ4n) is 2.77. The molecule has 4 heteroatoms. The predicted molar refractivity (Wildman–Crippen MR) is 91.0 cm³/mol. The van der Waals surface area contributed by atoms with Crippen LogP contribution in [0.25, 0.3) is 10.9 Å². The summed E-state index contributed by atoms with van der Waals surface area (Å²) >= 11 is 0. The summed E-state index contributed by atoms with van der Waals surface area (Å²) in [6.07, 6.45) is 3.02. The molecule has 2 aromatic carbocycles. The Labute approximate surface area is 135 Å². The van der Waals surface area contributed by atoms with E-state index in [9.17, 15) is 9.90 Å². The van der Waals surface area contributed by atoms with Gasteiger partial charge in [-0.15, -0.1) is 0 Å². The number of hydrogen-bond donors (Lipinski definition) is 3. The van der Waals surface area contributed by atoms with Crippen molar-refractivity contribution in [1.82, 2.24) is 10.3 Å². The lowest BCUT2D eigenvalue weighted by Crippen LogP contribution is -2.30. The topological polar surface area (TPSA) is 65.1 Å². The van der Waals surface area contributed by atoms with Gasteiger partial charge in [-0.1, -0.05) is 48.5 Å². The Bertz CT molecular complexity index is 780. The summed E-state index contributed by atoms with van der Waals surface area (Å²) in [4.78, 5) is 15.4. The van der Waals surface area contributed by atoms with Crippen LogP contribution in [0.1, 0.15) is 23.6 Å². The van der Waals surface area contributed by atoms with Gasteiger partial charge in [-0.2, -0.15) is 0 Å². The number of aryl methyl sites for hydroxylation is 1. The van der Waals surface area contributed by atoms with Crippen LogP contribution in [0.15, 0.2) is 60.8 Å². The second kappa shape index (κ2) is 7.11. The van der Waals surface area contributed by atoms with Crippen molar-refractivity contribution >= 4 is 16.8 Å². The summed E-state index contributed by atoms with van der Waals surface area (Å²) in [5.41, 5.74) is 3.13. The molecule has 3 aromatic rings. The number of carbonyl (C=O) groups excluding carboxylic acids is 1. The second-order valence-electron chi connectivity index (χ2n) is 5.57. The molecule has 0 saturated heterocycles. The van der Waals surface area contributed by atoms with E-state index in [1.54, 1.807) is 0 Å². The van der Waals surface area contributed by atoms with Gasteiger partial charge in [0, 0.05) is 23.5 Å². The standard InChI is InChI=1S/C19H20N2O2/c22-13-18(14-6-2-1-3-7-14)21-19(23)11-10-15-12-20-17-9-5-4-8-16(15)17/h1-9,12,18,20,22H,10-11,13H2,(H,21,23)/t18-/m1/s1. The van der Waals surface area contributed by atoms with E-state index in [0.29, 0.717) is 12.8 Å². The molecule has 0 saturated carbocycles.